The van der Waals surface area contributed by atoms with E-state index >= 15 is 0 Å². The predicted molar refractivity (Wildman–Crippen MR) is 73.4 cm³/mol. The van der Waals surface area contributed by atoms with Gasteiger partial charge in [-0.3, -0.25) is 4.79 Å². The molecule has 104 valence electrons. The first-order valence-electron chi connectivity index (χ1n) is 6.90. The van der Waals surface area contributed by atoms with E-state index in [0.717, 1.165) is 30.8 Å². The number of nitrogens with zero attached hydrogens (tertiary/aromatic N) is 3. The van der Waals surface area contributed by atoms with Crippen LogP contribution in [0.2, 0.25) is 0 Å². The second-order valence-electron chi connectivity index (χ2n) is 5.26. The fourth-order valence-electron chi connectivity index (χ4n) is 2.58. The molecule has 1 aliphatic rings. The summed E-state index contributed by atoms with van der Waals surface area (Å²) in [5.41, 5.74) is 2.35. The van der Waals surface area contributed by atoms with Crippen LogP contribution < -0.4 is 4.90 Å². The lowest BCUT2D eigenvalue weighted by atomic mass is 9.96. The highest BCUT2D eigenvalue weighted by Gasteiger charge is 2.21. The maximum atomic E-state index is 10.8. The molecule has 0 radical (unpaired) electrons. The van der Waals surface area contributed by atoms with Gasteiger partial charge in [0.2, 0.25) is 0 Å². The molecular weight excluding hydrogens is 242 g/mol. The molecule has 1 aliphatic carbocycles. The lowest BCUT2D eigenvalue weighted by Gasteiger charge is -2.30. The molecule has 1 aromatic rings. The van der Waals surface area contributed by atoms with Crippen LogP contribution in [0, 0.1) is 0 Å². The van der Waals surface area contributed by atoms with Gasteiger partial charge in [0.25, 0.3) is 0 Å². The minimum Gasteiger partial charge on any atom is -0.481 e. The largest absolute Gasteiger partial charge is 0.481 e. The molecule has 0 amide bonds. The van der Waals surface area contributed by atoms with Crippen molar-refractivity contribution >= 4 is 11.8 Å². The summed E-state index contributed by atoms with van der Waals surface area (Å²) in [5.74, 6) is 0.162. The molecule has 0 fully saturated rings. The first-order valence-corrected chi connectivity index (χ1v) is 6.90. The monoisotopic (exact) mass is 263 g/mol. The average Bonchev–Trinajstić information content (AvgIpc) is 2.38. The van der Waals surface area contributed by atoms with Gasteiger partial charge in [-0.1, -0.05) is 0 Å². The number of aryl methyl sites for hydroxylation is 1. The molecule has 0 unspecified atom stereocenters. The van der Waals surface area contributed by atoms with E-state index in [1.54, 1.807) is 6.33 Å². The van der Waals surface area contributed by atoms with Crippen molar-refractivity contribution in [3.63, 3.8) is 0 Å². The van der Waals surface area contributed by atoms with Crippen molar-refractivity contribution in [3.8, 4) is 0 Å². The van der Waals surface area contributed by atoms with E-state index in [0.29, 0.717) is 6.54 Å². The van der Waals surface area contributed by atoms with Gasteiger partial charge in [0.1, 0.15) is 12.1 Å². The van der Waals surface area contributed by atoms with Crippen molar-refractivity contribution in [2.45, 2.75) is 52.0 Å². The van der Waals surface area contributed by atoms with Gasteiger partial charge in [0, 0.05) is 23.8 Å². The molecule has 0 atom stereocenters. The Kier molecular flexibility index (Phi) is 4.35. The van der Waals surface area contributed by atoms with Gasteiger partial charge in [-0.2, -0.15) is 0 Å². The van der Waals surface area contributed by atoms with Crippen molar-refractivity contribution in [3.05, 3.63) is 17.6 Å². The van der Waals surface area contributed by atoms with Crippen LogP contribution in [0.3, 0.4) is 0 Å². The molecule has 0 saturated carbocycles. The Balaban J connectivity index is 2.28. The zero-order valence-electron chi connectivity index (χ0n) is 11.6. The molecule has 1 heterocycles. The highest BCUT2D eigenvalue weighted by molar-refractivity contribution is 5.67. The minimum atomic E-state index is -0.770. The Labute approximate surface area is 113 Å². The summed E-state index contributed by atoms with van der Waals surface area (Å²) < 4.78 is 0. The Morgan fingerprint density at radius 1 is 1.37 bits per heavy atom. The van der Waals surface area contributed by atoms with Crippen molar-refractivity contribution < 1.29 is 9.90 Å². The molecule has 0 spiro atoms. The van der Waals surface area contributed by atoms with Gasteiger partial charge in [-0.15, -0.1) is 0 Å². The molecule has 5 heteroatoms. The lowest BCUT2D eigenvalue weighted by molar-refractivity contribution is -0.136. The van der Waals surface area contributed by atoms with Crippen molar-refractivity contribution in [2.75, 3.05) is 11.4 Å². The van der Waals surface area contributed by atoms with Crippen LogP contribution in [0.1, 0.15) is 44.4 Å². The smallest absolute Gasteiger partial charge is 0.305 e. The maximum absolute atomic E-state index is 10.8. The third-order valence-electron chi connectivity index (χ3n) is 3.56. The standard InChI is InChI=1S/C14H21N3O2/c1-10(2)17(8-7-13(18)19)14-11-5-3-4-6-12(11)15-9-16-14/h9-10H,3-8H2,1-2H3,(H,18,19). The summed E-state index contributed by atoms with van der Waals surface area (Å²) >= 11 is 0. The number of aliphatic carboxylic acids is 1. The number of rotatable bonds is 5. The molecular formula is C14H21N3O2. The number of hydrogen-bond acceptors (Lipinski definition) is 4. The fourth-order valence-corrected chi connectivity index (χ4v) is 2.58. The van der Waals surface area contributed by atoms with Crippen LogP contribution in [0.25, 0.3) is 0 Å². The Morgan fingerprint density at radius 3 is 2.79 bits per heavy atom. The zero-order valence-corrected chi connectivity index (χ0v) is 11.6. The van der Waals surface area contributed by atoms with Crippen LogP contribution in [0.4, 0.5) is 5.82 Å². The fraction of sp³-hybridized carbons (Fsp3) is 0.643. The molecule has 19 heavy (non-hydrogen) atoms. The van der Waals surface area contributed by atoms with E-state index in [1.807, 2.05) is 0 Å². The van der Waals surface area contributed by atoms with Gasteiger partial charge in [-0.05, 0) is 39.5 Å². The van der Waals surface area contributed by atoms with Crippen LogP contribution in [0.5, 0.6) is 0 Å². The highest BCUT2D eigenvalue weighted by Crippen LogP contribution is 2.28. The van der Waals surface area contributed by atoms with Gasteiger partial charge in [0.05, 0.1) is 6.42 Å². The first kappa shape index (κ1) is 13.8. The molecule has 0 aromatic carbocycles. The second-order valence-corrected chi connectivity index (χ2v) is 5.26. The number of carboxylic acid groups (broad SMARTS) is 1. The number of fused-ring (bicyclic) bond motifs is 1. The quantitative estimate of drug-likeness (QED) is 0.880. The van der Waals surface area contributed by atoms with Crippen molar-refractivity contribution in [2.24, 2.45) is 0 Å². The molecule has 0 saturated heterocycles. The van der Waals surface area contributed by atoms with Crippen LogP contribution >= 0.6 is 0 Å². The van der Waals surface area contributed by atoms with Gasteiger partial charge in [-0.25, -0.2) is 9.97 Å². The van der Waals surface area contributed by atoms with Gasteiger partial charge < -0.3 is 10.0 Å². The van der Waals surface area contributed by atoms with E-state index in [9.17, 15) is 4.79 Å². The highest BCUT2D eigenvalue weighted by atomic mass is 16.4. The second kappa shape index (κ2) is 5.99. The van der Waals surface area contributed by atoms with E-state index in [4.69, 9.17) is 5.11 Å². The van der Waals surface area contributed by atoms with E-state index in [-0.39, 0.29) is 12.5 Å². The van der Waals surface area contributed by atoms with E-state index in [1.165, 1.54) is 12.0 Å². The van der Waals surface area contributed by atoms with Crippen molar-refractivity contribution in [1.29, 1.82) is 0 Å². The predicted octanol–water partition coefficient (Wildman–Crippen LogP) is 2.04. The van der Waals surface area contributed by atoms with E-state index in [2.05, 4.69) is 28.7 Å². The molecule has 0 bridgehead atoms. The van der Waals surface area contributed by atoms with Gasteiger partial charge >= 0.3 is 5.97 Å². The van der Waals surface area contributed by atoms with Crippen LogP contribution in [-0.4, -0.2) is 33.6 Å². The number of carboxylic acids is 1. The third-order valence-corrected chi connectivity index (χ3v) is 3.56. The molecule has 5 nitrogen and oxygen atoms in total. The maximum Gasteiger partial charge on any atom is 0.305 e. The topological polar surface area (TPSA) is 66.3 Å². The molecule has 1 N–H and O–H groups in total. The van der Waals surface area contributed by atoms with E-state index < -0.39 is 5.97 Å². The lowest BCUT2D eigenvalue weighted by Crippen LogP contribution is -2.35. The Hall–Kier alpha value is -1.65. The normalized spacial score (nSPS) is 14.3. The summed E-state index contributed by atoms with van der Waals surface area (Å²) in [4.78, 5) is 21.6. The Bertz CT molecular complexity index is 460. The summed E-state index contributed by atoms with van der Waals surface area (Å²) in [7, 11) is 0. The zero-order chi connectivity index (χ0) is 13.8. The Morgan fingerprint density at radius 2 is 2.11 bits per heavy atom. The minimum absolute atomic E-state index is 0.136. The van der Waals surface area contributed by atoms with Crippen LogP contribution in [0.15, 0.2) is 6.33 Å². The summed E-state index contributed by atoms with van der Waals surface area (Å²) in [6.07, 6.45) is 6.10. The molecule has 2 rings (SSSR count). The molecule has 0 aliphatic heterocycles. The van der Waals surface area contributed by atoms with Crippen LogP contribution in [-0.2, 0) is 17.6 Å². The number of aromatic nitrogens is 2. The summed E-state index contributed by atoms with van der Waals surface area (Å²) in [5, 5.41) is 8.87. The average molecular weight is 263 g/mol. The SMILES string of the molecule is CC(C)N(CCC(=O)O)c1ncnc2c1CCCC2. The third kappa shape index (κ3) is 3.22. The number of anilines is 1. The summed E-state index contributed by atoms with van der Waals surface area (Å²) in [6.45, 7) is 4.63. The van der Waals surface area contributed by atoms with Crippen molar-refractivity contribution in [1.82, 2.24) is 9.97 Å². The number of carbonyl (C=O) groups is 1. The summed E-state index contributed by atoms with van der Waals surface area (Å²) in [6, 6.07) is 0.236. The van der Waals surface area contributed by atoms with Gasteiger partial charge in [0.15, 0.2) is 0 Å². The number of hydrogen-bond donors (Lipinski definition) is 1. The first-order chi connectivity index (χ1) is 9.09. The molecule has 1 aromatic heterocycles.